The van der Waals surface area contributed by atoms with Gasteiger partial charge < -0.3 is 0 Å². The van der Waals surface area contributed by atoms with Crippen LogP contribution in [0.3, 0.4) is 0 Å². The summed E-state index contributed by atoms with van der Waals surface area (Å²) < 4.78 is 0.583. The van der Waals surface area contributed by atoms with Gasteiger partial charge in [-0.2, -0.15) is 0 Å². The van der Waals surface area contributed by atoms with Crippen LogP contribution in [0.15, 0.2) is 35.7 Å². The van der Waals surface area contributed by atoms with E-state index in [2.05, 4.69) is 4.98 Å². The first kappa shape index (κ1) is 16.5. The minimum absolute atomic E-state index is 0.128. The molecule has 23 heavy (non-hydrogen) atoms. The van der Waals surface area contributed by atoms with Gasteiger partial charge in [0.2, 0.25) is 0 Å². The van der Waals surface area contributed by atoms with Crippen molar-refractivity contribution in [2.75, 3.05) is 0 Å². The maximum Gasteiger partial charge on any atom is 0.186 e. The van der Waals surface area contributed by atoms with Gasteiger partial charge in [-0.05, 0) is 42.8 Å². The normalized spacial score (nSPS) is 11.5. The van der Waals surface area contributed by atoms with E-state index < -0.39 is 0 Å². The van der Waals surface area contributed by atoms with Gasteiger partial charge in [0, 0.05) is 26.9 Å². The number of benzene rings is 1. The Labute approximate surface area is 152 Å². The number of aryl methyl sites for hydroxylation is 1. The number of pyridine rings is 1. The van der Waals surface area contributed by atoms with Gasteiger partial charge in [-0.25, -0.2) is 4.98 Å². The molecule has 6 heteroatoms. The summed E-state index contributed by atoms with van der Waals surface area (Å²) in [6, 6.07) is 7.23. The summed E-state index contributed by atoms with van der Waals surface area (Å²) in [5.74, 6) is -0.128. The van der Waals surface area contributed by atoms with E-state index in [4.69, 9.17) is 34.8 Å². The van der Waals surface area contributed by atoms with Gasteiger partial charge in [-0.15, -0.1) is 11.3 Å². The third-order valence-electron chi connectivity index (χ3n) is 3.42. The van der Waals surface area contributed by atoms with Crippen LogP contribution in [0.4, 0.5) is 0 Å². The average Bonchev–Trinajstić information content (AvgIpc) is 2.96. The van der Waals surface area contributed by atoms with Crippen LogP contribution in [0.5, 0.6) is 0 Å². The van der Waals surface area contributed by atoms with Gasteiger partial charge in [0.1, 0.15) is 5.15 Å². The highest BCUT2D eigenvalue weighted by atomic mass is 35.5. The topological polar surface area (TPSA) is 30.0 Å². The molecule has 0 saturated heterocycles. The van der Waals surface area contributed by atoms with Crippen molar-refractivity contribution in [3.63, 3.8) is 0 Å². The third-order valence-corrected chi connectivity index (χ3v) is 5.22. The monoisotopic (exact) mass is 381 g/mol. The SMILES string of the molecule is Cc1c(Cl)ccc2cc(/C=C/C(=O)c3csc(Cl)c3)c(Cl)nc12. The van der Waals surface area contributed by atoms with Crippen LogP contribution in [0.25, 0.3) is 17.0 Å². The van der Waals surface area contributed by atoms with E-state index in [0.29, 0.717) is 25.6 Å². The second kappa shape index (κ2) is 6.62. The van der Waals surface area contributed by atoms with E-state index in [1.807, 2.05) is 25.1 Å². The van der Waals surface area contributed by atoms with Crippen LogP contribution in [-0.4, -0.2) is 10.8 Å². The smallest absolute Gasteiger partial charge is 0.186 e. The zero-order valence-electron chi connectivity index (χ0n) is 11.9. The maximum absolute atomic E-state index is 12.1. The summed E-state index contributed by atoms with van der Waals surface area (Å²) in [5.41, 5.74) is 2.88. The summed E-state index contributed by atoms with van der Waals surface area (Å²) in [6.07, 6.45) is 3.13. The summed E-state index contributed by atoms with van der Waals surface area (Å²) in [4.78, 5) is 16.5. The molecule has 0 atom stereocenters. The Bertz CT molecular complexity index is 946. The lowest BCUT2D eigenvalue weighted by atomic mass is 10.1. The molecule has 2 heterocycles. The van der Waals surface area contributed by atoms with Gasteiger partial charge in [0.25, 0.3) is 0 Å². The molecular weight excluding hydrogens is 373 g/mol. The highest BCUT2D eigenvalue weighted by Gasteiger charge is 2.09. The molecule has 0 saturated carbocycles. The van der Waals surface area contributed by atoms with Gasteiger partial charge >= 0.3 is 0 Å². The van der Waals surface area contributed by atoms with Crippen molar-refractivity contribution in [2.24, 2.45) is 0 Å². The molecule has 0 radical (unpaired) electrons. The zero-order valence-corrected chi connectivity index (χ0v) is 15.0. The van der Waals surface area contributed by atoms with Crippen LogP contribution < -0.4 is 0 Å². The lowest BCUT2D eigenvalue weighted by molar-refractivity contribution is 0.104. The third kappa shape index (κ3) is 3.43. The van der Waals surface area contributed by atoms with E-state index >= 15 is 0 Å². The molecule has 3 aromatic rings. The van der Waals surface area contributed by atoms with Crippen molar-refractivity contribution in [2.45, 2.75) is 6.92 Å². The second-order valence-electron chi connectivity index (χ2n) is 4.95. The largest absolute Gasteiger partial charge is 0.289 e. The fourth-order valence-corrected chi connectivity index (χ4v) is 3.39. The van der Waals surface area contributed by atoms with Crippen molar-refractivity contribution < 1.29 is 4.79 Å². The van der Waals surface area contributed by atoms with Crippen molar-refractivity contribution in [3.8, 4) is 0 Å². The number of rotatable bonds is 3. The van der Waals surface area contributed by atoms with Crippen molar-refractivity contribution >= 4 is 68.9 Å². The first-order valence-corrected chi connectivity index (χ1v) is 8.69. The number of carbonyl (C=O) groups is 1. The van der Waals surface area contributed by atoms with Crippen LogP contribution in [-0.2, 0) is 0 Å². The molecule has 0 aliphatic rings. The van der Waals surface area contributed by atoms with Gasteiger partial charge in [-0.3, -0.25) is 4.79 Å². The number of carbonyl (C=O) groups excluding carboxylic acids is 1. The molecule has 3 rings (SSSR count). The highest BCUT2D eigenvalue weighted by molar-refractivity contribution is 7.14. The Morgan fingerprint density at radius 3 is 2.70 bits per heavy atom. The standard InChI is InChI=1S/C17H10Cl3NOS/c1-9-13(18)4-2-10-6-11(17(20)21-16(9)10)3-5-14(22)12-7-15(19)23-8-12/h2-8H,1H3/b5-3+. The molecule has 0 amide bonds. The Morgan fingerprint density at radius 2 is 2.00 bits per heavy atom. The summed E-state index contributed by atoms with van der Waals surface area (Å²) in [6.45, 7) is 1.90. The molecular formula is C17H10Cl3NOS. The highest BCUT2D eigenvalue weighted by Crippen LogP contribution is 2.28. The number of thiophene rings is 1. The van der Waals surface area contributed by atoms with E-state index in [0.717, 1.165) is 16.5 Å². The lowest BCUT2D eigenvalue weighted by Crippen LogP contribution is -1.92. The Kier molecular flexibility index (Phi) is 4.74. The molecule has 0 bridgehead atoms. The summed E-state index contributed by atoms with van der Waals surface area (Å²) in [5, 5.41) is 3.62. The zero-order chi connectivity index (χ0) is 16.6. The van der Waals surface area contributed by atoms with Gasteiger partial charge in [0.05, 0.1) is 9.85 Å². The number of halogens is 3. The Balaban J connectivity index is 1.97. The fourth-order valence-electron chi connectivity index (χ4n) is 2.17. The molecule has 0 fully saturated rings. The predicted octanol–water partition coefficient (Wildman–Crippen LogP) is 6.46. The molecule has 2 nitrogen and oxygen atoms in total. The van der Waals surface area contributed by atoms with Crippen LogP contribution >= 0.6 is 46.1 Å². The number of aromatic nitrogens is 1. The van der Waals surface area contributed by atoms with Crippen LogP contribution in [0, 0.1) is 6.92 Å². The molecule has 2 aromatic heterocycles. The predicted molar refractivity (Wildman–Crippen MR) is 99.2 cm³/mol. The van der Waals surface area contributed by atoms with Crippen LogP contribution in [0.2, 0.25) is 14.5 Å². The number of nitrogens with zero attached hydrogens (tertiary/aromatic N) is 1. The average molecular weight is 383 g/mol. The van der Waals surface area contributed by atoms with E-state index in [-0.39, 0.29) is 5.78 Å². The second-order valence-corrected chi connectivity index (χ2v) is 7.26. The molecule has 0 spiro atoms. The molecule has 116 valence electrons. The quantitative estimate of drug-likeness (QED) is 0.295. The van der Waals surface area contributed by atoms with Gasteiger partial charge in [0.15, 0.2) is 5.78 Å². The summed E-state index contributed by atoms with van der Waals surface area (Å²) in [7, 11) is 0. The van der Waals surface area contributed by atoms with Crippen LogP contribution in [0.1, 0.15) is 21.5 Å². The Morgan fingerprint density at radius 1 is 1.22 bits per heavy atom. The van der Waals surface area contributed by atoms with Crippen molar-refractivity contribution in [3.05, 3.63) is 66.9 Å². The lowest BCUT2D eigenvalue weighted by Gasteiger charge is -2.06. The number of hydrogen-bond donors (Lipinski definition) is 0. The van der Waals surface area contributed by atoms with E-state index in [9.17, 15) is 4.79 Å². The number of ketones is 1. The minimum atomic E-state index is -0.128. The molecule has 0 aliphatic carbocycles. The van der Waals surface area contributed by atoms with Crippen molar-refractivity contribution in [1.29, 1.82) is 0 Å². The number of allylic oxidation sites excluding steroid dienone is 1. The molecule has 0 N–H and O–H groups in total. The van der Waals surface area contributed by atoms with Gasteiger partial charge in [-0.1, -0.05) is 40.9 Å². The number of fused-ring (bicyclic) bond motifs is 1. The maximum atomic E-state index is 12.1. The van der Waals surface area contributed by atoms with E-state index in [1.165, 1.54) is 17.4 Å². The van der Waals surface area contributed by atoms with Crippen molar-refractivity contribution in [1.82, 2.24) is 4.98 Å². The molecule has 0 aliphatic heterocycles. The minimum Gasteiger partial charge on any atom is -0.289 e. The first-order chi connectivity index (χ1) is 11.0. The number of hydrogen-bond acceptors (Lipinski definition) is 3. The summed E-state index contributed by atoms with van der Waals surface area (Å²) >= 11 is 19.5. The first-order valence-electron chi connectivity index (χ1n) is 6.67. The Hall–Kier alpha value is -1.39. The molecule has 1 aromatic carbocycles. The molecule has 0 unspecified atom stereocenters. The van der Waals surface area contributed by atoms with E-state index in [1.54, 1.807) is 17.5 Å². The fraction of sp³-hybridized carbons (Fsp3) is 0.0588.